The molecule has 9 heteroatoms. The molecular formula is C18H12ClN7O. The Morgan fingerprint density at radius 1 is 1.04 bits per heavy atom. The number of nitrogens with one attached hydrogen (secondary N) is 2. The van der Waals surface area contributed by atoms with Gasteiger partial charge in [-0.25, -0.2) is 0 Å². The van der Waals surface area contributed by atoms with Crippen LogP contribution >= 0.6 is 11.6 Å². The van der Waals surface area contributed by atoms with Crippen LogP contribution in [0.15, 0.2) is 53.3 Å². The van der Waals surface area contributed by atoms with Crippen molar-refractivity contribution in [2.75, 3.05) is 5.73 Å². The van der Waals surface area contributed by atoms with Gasteiger partial charge >= 0.3 is 0 Å². The summed E-state index contributed by atoms with van der Waals surface area (Å²) in [6.07, 6.45) is 0. The third-order valence-electron chi connectivity index (χ3n) is 4.41. The smallest absolute Gasteiger partial charge is 0.274 e. The lowest BCUT2D eigenvalue weighted by molar-refractivity contribution is 0.906. The number of hydrogen-bond donors (Lipinski definition) is 3. The minimum atomic E-state index is -0.286. The molecule has 0 aliphatic rings. The zero-order valence-electron chi connectivity index (χ0n) is 13.8. The Morgan fingerprint density at radius 2 is 1.81 bits per heavy atom. The summed E-state index contributed by atoms with van der Waals surface area (Å²) < 4.78 is 1.26. The molecule has 3 heterocycles. The largest absolute Gasteiger partial charge is 0.382 e. The van der Waals surface area contributed by atoms with Crippen molar-refractivity contribution in [2.45, 2.75) is 0 Å². The molecule has 0 saturated carbocycles. The first kappa shape index (κ1) is 15.6. The molecule has 0 aliphatic carbocycles. The quantitative estimate of drug-likeness (QED) is 0.437. The van der Waals surface area contributed by atoms with Crippen molar-refractivity contribution in [1.29, 1.82) is 0 Å². The predicted octanol–water partition coefficient (Wildman–Crippen LogP) is 2.86. The summed E-state index contributed by atoms with van der Waals surface area (Å²) in [5.41, 5.74) is 10.7. The van der Waals surface area contributed by atoms with Gasteiger partial charge in [0.15, 0.2) is 5.82 Å². The van der Waals surface area contributed by atoms with Crippen LogP contribution in [0.2, 0.25) is 5.02 Å². The fraction of sp³-hybridized carbons (Fsp3) is 0. The van der Waals surface area contributed by atoms with Gasteiger partial charge in [-0.05, 0) is 29.8 Å². The standard InChI is InChI=1S/C18H12ClN7O/c19-11-4-1-9(2-5-11)16-17(20)24-26-15(27)8-13(21-18(16)26)10-3-6-12-14(7-10)23-25-22-12/h1-8,21H,(H2,20,24)(H,22,23,25). The van der Waals surface area contributed by atoms with E-state index in [-0.39, 0.29) is 11.4 Å². The van der Waals surface area contributed by atoms with E-state index in [1.54, 1.807) is 12.1 Å². The van der Waals surface area contributed by atoms with Gasteiger partial charge in [0.2, 0.25) is 0 Å². The van der Waals surface area contributed by atoms with Gasteiger partial charge < -0.3 is 10.7 Å². The maximum Gasteiger partial charge on any atom is 0.274 e. The second-order valence-corrected chi connectivity index (χ2v) is 6.53. The Morgan fingerprint density at radius 3 is 2.63 bits per heavy atom. The second-order valence-electron chi connectivity index (χ2n) is 6.09. The van der Waals surface area contributed by atoms with Crippen LogP contribution in [0.1, 0.15) is 0 Å². The third kappa shape index (κ3) is 2.46. The summed E-state index contributed by atoms with van der Waals surface area (Å²) in [6, 6.07) is 14.3. The van der Waals surface area contributed by atoms with Crippen molar-refractivity contribution in [3.05, 3.63) is 63.9 Å². The summed E-state index contributed by atoms with van der Waals surface area (Å²) >= 11 is 5.98. The fourth-order valence-corrected chi connectivity index (χ4v) is 3.25. The van der Waals surface area contributed by atoms with Crippen molar-refractivity contribution in [3.63, 3.8) is 0 Å². The minimum Gasteiger partial charge on any atom is -0.382 e. The number of benzene rings is 2. The highest BCUT2D eigenvalue weighted by molar-refractivity contribution is 6.30. The number of nitrogens with zero attached hydrogens (tertiary/aromatic N) is 4. The zero-order chi connectivity index (χ0) is 18.5. The summed E-state index contributed by atoms with van der Waals surface area (Å²) in [4.78, 5) is 15.9. The third-order valence-corrected chi connectivity index (χ3v) is 4.66. The molecule has 0 unspecified atom stereocenters. The average Bonchev–Trinajstić information content (AvgIpc) is 3.26. The van der Waals surface area contributed by atoms with Crippen molar-refractivity contribution < 1.29 is 0 Å². The van der Waals surface area contributed by atoms with E-state index in [1.165, 1.54) is 10.6 Å². The van der Waals surface area contributed by atoms with Crippen molar-refractivity contribution in [1.82, 2.24) is 30.0 Å². The molecule has 5 aromatic rings. The molecule has 0 radical (unpaired) electrons. The Bertz CT molecular complexity index is 1360. The number of fused-ring (bicyclic) bond motifs is 2. The van der Waals surface area contributed by atoms with Gasteiger partial charge in [-0.15, -0.1) is 10.2 Å². The molecule has 0 atom stereocenters. The minimum absolute atomic E-state index is 0.259. The maximum absolute atomic E-state index is 12.6. The summed E-state index contributed by atoms with van der Waals surface area (Å²) in [5.74, 6) is 0.259. The van der Waals surface area contributed by atoms with Crippen LogP contribution in [-0.2, 0) is 0 Å². The van der Waals surface area contributed by atoms with E-state index in [2.05, 4.69) is 25.5 Å². The molecule has 4 N–H and O–H groups in total. The van der Waals surface area contributed by atoms with Gasteiger partial charge in [0.05, 0.1) is 16.8 Å². The zero-order valence-corrected chi connectivity index (χ0v) is 14.5. The molecule has 0 aliphatic heterocycles. The van der Waals surface area contributed by atoms with E-state index in [9.17, 15) is 4.79 Å². The van der Waals surface area contributed by atoms with Crippen LogP contribution in [0.3, 0.4) is 0 Å². The molecule has 132 valence electrons. The predicted molar refractivity (Wildman–Crippen MR) is 104 cm³/mol. The lowest BCUT2D eigenvalue weighted by Crippen LogP contribution is -2.14. The van der Waals surface area contributed by atoms with Crippen LogP contribution in [0.25, 0.3) is 39.1 Å². The first-order valence-corrected chi connectivity index (χ1v) is 8.46. The summed E-state index contributed by atoms with van der Waals surface area (Å²) in [6.45, 7) is 0. The van der Waals surface area contributed by atoms with Gasteiger partial charge in [0, 0.05) is 16.7 Å². The van der Waals surface area contributed by atoms with E-state index in [1.807, 2.05) is 30.3 Å². The highest BCUT2D eigenvalue weighted by Gasteiger charge is 2.16. The van der Waals surface area contributed by atoms with Gasteiger partial charge in [-0.1, -0.05) is 35.0 Å². The Kier molecular flexibility index (Phi) is 3.28. The van der Waals surface area contributed by atoms with Crippen molar-refractivity contribution in [3.8, 4) is 22.4 Å². The molecule has 27 heavy (non-hydrogen) atoms. The number of H-pyrrole nitrogens is 2. The fourth-order valence-electron chi connectivity index (χ4n) is 3.12. The maximum atomic E-state index is 12.6. The highest BCUT2D eigenvalue weighted by atomic mass is 35.5. The molecule has 8 nitrogen and oxygen atoms in total. The SMILES string of the molecule is Nc1nn2c(=O)cc(-c3ccc4[nH]nnc4c3)[nH]c2c1-c1ccc(Cl)cc1. The molecular weight excluding hydrogens is 366 g/mol. The topological polar surface area (TPSA) is 118 Å². The number of aromatic nitrogens is 6. The number of nitrogens with two attached hydrogens (primary N) is 1. The molecule has 5 rings (SSSR count). The summed E-state index contributed by atoms with van der Waals surface area (Å²) in [5, 5.41) is 15.4. The monoisotopic (exact) mass is 377 g/mol. The van der Waals surface area contributed by atoms with Crippen molar-refractivity contribution >= 4 is 34.1 Å². The first-order valence-electron chi connectivity index (χ1n) is 8.09. The molecule has 0 spiro atoms. The Balaban J connectivity index is 1.77. The van der Waals surface area contributed by atoms with Gasteiger partial charge in [-0.3, -0.25) is 9.89 Å². The van der Waals surface area contributed by atoms with Crippen LogP contribution in [-0.4, -0.2) is 30.0 Å². The number of aromatic amines is 2. The van der Waals surface area contributed by atoms with E-state index >= 15 is 0 Å². The number of nitrogen functional groups attached to an aromatic ring is 1. The van der Waals surface area contributed by atoms with Gasteiger partial charge in [-0.2, -0.15) is 4.52 Å². The van der Waals surface area contributed by atoms with E-state index in [4.69, 9.17) is 17.3 Å². The molecule has 0 bridgehead atoms. The van der Waals surface area contributed by atoms with E-state index in [0.717, 1.165) is 16.6 Å². The number of rotatable bonds is 2. The van der Waals surface area contributed by atoms with Crippen LogP contribution in [0, 0.1) is 0 Å². The summed E-state index contributed by atoms with van der Waals surface area (Å²) in [7, 11) is 0. The normalized spacial score (nSPS) is 11.4. The van der Waals surface area contributed by atoms with Crippen molar-refractivity contribution in [2.24, 2.45) is 0 Å². The molecule has 0 saturated heterocycles. The Labute approximate surface area is 156 Å². The van der Waals surface area contributed by atoms with Crippen LogP contribution < -0.4 is 11.3 Å². The van der Waals surface area contributed by atoms with Gasteiger partial charge in [0.25, 0.3) is 5.56 Å². The van der Waals surface area contributed by atoms with E-state index < -0.39 is 0 Å². The lowest BCUT2D eigenvalue weighted by Gasteiger charge is -2.05. The number of anilines is 1. The van der Waals surface area contributed by atoms with Crippen LogP contribution in [0.5, 0.6) is 0 Å². The van der Waals surface area contributed by atoms with Gasteiger partial charge in [0.1, 0.15) is 11.2 Å². The Hall–Kier alpha value is -3.65. The number of halogens is 1. The lowest BCUT2D eigenvalue weighted by atomic mass is 10.1. The highest BCUT2D eigenvalue weighted by Crippen LogP contribution is 2.30. The molecule has 0 fully saturated rings. The second kappa shape index (κ2) is 5.68. The van der Waals surface area contributed by atoms with Crippen LogP contribution in [0.4, 0.5) is 5.82 Å². The number of hydrogen-bond acceptors (Lipinski definition) is 5. The molecule has 2 aromatic carbocycles. The first-order chi connectivity index (χ1) is 13.1. The molecule has 3 aromatic heterocycles. The molecule has 0 amide bonds. The average molecular weight is 378 g/mol. The van der Waals surface area contributed by atoms with E-state index in [0.29, 0.717) is 27.4 Å².